The molecule has 8 heteroatoms. The molecule has 0 saturated carbocycles. The number of anilines is 2. The summed E-state index contributed by atoms with van der Waals surface area (Å²) in [6.45, 7) is 4.71. The van der Waals surface area contributed by atoms with Crippen molar-refractivity contribution in [2.45, 2.75) is 13.0 Å². The second-order valence-electron chi connectivity index (χ2n) is 6.72. The molecule has 0 aliphatic carbocycles. The van der Waals surface area contributed by atoms with Crippen LogP contribution in [0, 0.1) is 5.82 Å². The van der Waals surface area contributed by atoms with Gasteiger partial charge in [-0.05, 0) is 55.5 Å². The largest absolute Gasteiger partial charge is 0.481 e. The minimum absolute atomic E-state index is 0.0926. The minimum atomic E-state index is -0.756. The van der Waals surface area contributed by atoms with Crippen molar-refractivity contribution >= 4 is 23.2 Å². The molecule has 1 atom stereocenters. The Bertz CT molecular complexity index is 821. The molecule has 1 aliphatic rings. The number of benzene rings is 2. The maximum atomic E-state index is 12.9. The van der Waals surface area contributed by atoms with Crippen LogP contribution in [0.1, 0.15) is 6.92 Å². The molecule has 3 rings (SSSR count). The quantitative estimate of drug-likeness (QED) is 0.745. The van der Waals surface area contributed by atoms with Crippen LogP contribution in [0.2, 0.25) is 0 Å². The van der Waals surface area contributed by atoms with Gasteiger partial charge in [0.2, 0.25) is 5.91 Å². The Labute approximate surface area is 168 Å². The first-order chi connectivity index (χ1) is 14.0. The summed E-state index contributed by atoms with van der Waals surface area (Å²) >= 11 is 0. The highest BCUT2D eigenvalue weighted by Crippen LogP contribution is 2.16. The van der Waals surface area contributed by atoms with Crippen molar-refractivity contribution in [3.05, 3.63) is 54.3 Å². The zero-order valence-electron chi connectivity index (χ0n) is 16.2. The van der Waals surface area contributed by atoms with E-state index < -0.39 is 6.10 Å². The smallest absolute Gasteiger partial charge is 0.265 e. The van der Waals surface area contributed by atoms with Crippen LogP contribution >= 0.6 is 0 Å². The molecule has 0 radical (unpaired) electrons. The number of morpholine rings is 1. The van der Waals surface area contributed by atoms with Gasteiger partial charge in [-0.3, -0.25) is 14.5 Å². The van der Waals surface area contributed by atoms with Gasteiger partial charge in [-0.1, -0.05) is 0 Å². The van der Waals surface area contributed by atoms with E-state index in [0.29, 0.717) is 36.9 Å². The molecule has 1 heterocycles. The number of halogens is 1. The standard InChI is InChI=1S/C21H24FN3O4/c1-15(29-19-8-2-16(22)3-9-19)21(27)24-18-6-4-17(5-7-18)23-20(26)14-25-10-12-28-13-11-25/h2-9,15H,10-14H2,1H3,(H,23,26)(H,24,27)/t15-/m0/s1. The molecule has 0 spiro atoms. The number of ether oxygens (including phenoxy) is 2. The number of nitrogens with one attached hydrogen (secondary N) is 2. The van der Waals surface area contributed by atoms with Gasteiger partial charge < -0.3 is 20.1 Å². The average molecular weight is 401 g/mol. The van der Waals surface area contributed by atoms with Crippen LogP contribution in [0.15, 0.2) is 48.5 Å². The number of carbonyl (C=O) groups is 2. The first kappa shape index (κ1) is 20.8. The summed E-state index contributed by atoms with van der Waals surface area (Å²) in [4.78, 5) is 26.4. The zero-order chi connectivity index (χ0) is 20.6. The van der Waals surface area contributed by atoms with Gasteiger partial charge in [-0.2, -0.15) is 0 Å². The van der Waals surface area contributed by atoms with Crippen molar-refractivity contribution in [3.63, 3.8) is 0 Å². The Kier molecular flexibility index (Phi) is 7.15. The molecule has 0 unspecified atom stereocenters. The lowest BCUT2D eigenvalue weighted by Crippen LogP contribution is -2.41. The molecule has 2 amide bonds. The van der Waals surface area contributed by atoms with E-state index >= 15 is 0 Å². The van der Waals surface area contributed by atoms with Gasteiger partial charge in [0.15, 0.2) is 6.10 Å². The molecule has 1 aliphatic heterocycles. The molecule has 2 aromatic rings. The normalized spacial score (nSPS) is 15.4. The van der Waals surface area contributed by atoms with Crippen molar-refractivity contribution in [1.82, 2.24) is 4.90 Å². The van der Waals surface area contributed by atoms with Crippen LogP contribution in [0.25, 0.3) is 0 Å². The highest BCUT2D eigenvalue weighted by atomic mass is 19.1. The van der Waals surface area contributed by atoms with Crippen molar-refractivity contribution in [1.29, 1.82) is 0 Å². The summed E-state index contributed by atoms with van der Waals surface area (Å²) in [6, 6.07) is 12.3. The predicted octanol–water partition coefficient (Wildman–Crippen LogP) is 2.50. The van der Waals surface area contributed by atoms with Gasteiger partial charge in [0.1, 0.15) is 11.6 Å². The monoisotopic (exact) mass is 401 g/mol. The molecule has 2 aromatic carbocycles. The SMILES string of the molecule is C[C@H](Oc1ccc(F)cc1)C(=O)Nc1ccc(NC(=O)CN2CCOCC2)cc1. The lowest BCUT2D eigenvalue weighted by molar-refractivity contribution is -0.122. The van der Waals surface area contributed by atoms with E-state index in [1.807, 2.05) is 4.90 Å². The van der Waals surface area contributed by atoms with Crippen LogP contribution in [0.5, 0.6) is 5.75 Å². The zero-order valence-corrected chi connectivity index (χ0v) is 16.2. The summed E-state index contributed by atoms with van der Waals surface area (Å²) in [5, 5.41) is 5.59. The van der Waals surface area contributed by atoms with Crippen molar-refractivity contribution in [2.24, 2.45) is 0 Å². The van der Waals surface area contributed by atoms with E-state index in [9.17, 15) is 14.0 Å². The highest BCUT2D eigenvalue weighted by Gasteiger charge is 2.16. The first-order valence-electron chi connectivity index (χ1n) is 9.43. The lowest BCUT2D eigenvalue weighted by atomic mass is 10.2. The van der Waals surface area contributed by atoms with Crippen LogP contribution in [-0.2, 0) is 14.3 Å². The van der Waals surface area contributed by atoms with Gasteiger partial charge >= 0.3 is 0 Å². The van der Waals surface area contributed by atoms with E-state index in [0.717, 1.165) is 13.1 Å². The molecule has 154 valence electrons. The summed E-state index contributed by atoms with van der Waals surface area (Å²) in [5.74, 6) is -0.387. The van der Waals surface area contributed by atoms with Crippen molar-refractivity contribution in [3.8, 4) is 5.75 Å². The maximum absolute atomic E-state index is 12.9. The topological polar surface area (TPSA) is 79.9 Å². The van der Waals surface area contributed by atoms with E-state index in [2.05, 4.69) is 10.6 Å². The molecular weight excluding hydrogens is 377 g/mol. The predicted molar refractivity (Wildman–Crippen MR) is 107 cm³/mol. The number of hydrogen-bond acceptors (Lipinski definition) is 5. The van der Waals surface area contributed by atoms with Gasteiger partial charge in [0.05, 0.1) is 19.8 Å². The molecule has 29 heavy (non-hydrogen) atoms. The average Bonchev–Trinajstić information content (AvgIpc) is 2.72. The molecule has 0 aromatic heterocycles. The van der Waals surface area contributed by atoms with Gasteiger partial charge in [-0.25, -0.2) is 4.39 Å². The Balaban J connectivity index is 1.47. The van der Waals surface area contributed by atoms with E-state index in [4.69, 9.17) is 9.47 Å². The fraction of sp³-hybridized carbons (Fsp3) is 0.333. The number of hydrogen-bond donors (Lipinski definition) is 2. The number of nitrogens with zero attached hydrogens (tertiary/aromatic N) is 1. The maximum Gasteiger partial charge on any atom is 0.265 e. The Morgan fingerprint density at radius 1 is 1.03 bits per heavy atom. The second-order valence-corrected chi connectivity index (χ2v) is 6.72. The number of rotatable bonds is 7. The Hall–Kier alpha value is -2.97. The summed E-state index contributed by atoms with van der Waals surface area (Å²) in [7, 11) is 0. The van der Waals surface area contributed by atoms with Crippen LogP contribution in [0.4, 0.5) is 15.8 Å². The molecule has 2 N–H and O–H groups in total. The van der Waals surface area contributed by atoms with Crippen LogP contribution in [0.3, 0.4) is 0 Å². The van der Waals surface area contributed by atoms with Crippen molar-refractivity contribution < 1.29 is 23.5 Å². The van der Waals surface area contributed by atoms with E-state index in [-0.39, 0.29) is 17.6 Å². The summed E-state index contributed by atoms with van der Waals surface area (Å²) in [6.07, 6.45) is -0.756. The summed E-state index contributed by atoms with van der Waals surface area (Å²) < 4.78 is 23.7. The molecule has 1 saturated heterocycles. The molecule has 1 fully saturated rings. The van der Waals surface area contributed by atoms with Gasteiger partial charge in [0.25, 0.3) is 5.91 Å². The fourth-order valence-corrected chi connectivity index (χ4v) is 2.81. The first-order valence-corrected chi connectivity index (χ1v) is 9.43. The lowest BCUT2D eigenvalue weighted by Gasteiger charge is -2.25. The minimum Gasteiger partial charge on any atom is -0.481 e. The van der Waals surface area contributed by atoms with Crippen molar-refractivity contribution in [2.75, 3.05) is 43.5 Å². The molecule has 0 bridgehead atoms. The second kappa shape index (κ2) is 9.99. The Morgan fingerprint density at radius 2 is 1.62 bits per heavy atom. The third kappa shape index (κ3) is 6.55. The van der Waals surface area contributed by atoms with E-state index in [1.54, 1.807) is 31.2 Å². The van der Waals surface area contributed by atoms with E-state index in [1.165, 1.54) is 24.3 Å². The van der Waals surface area contributed by atoms with Crippen LogP contribution < -0.4 is 15.4 Å². The van der Waals surface area contributed by atoms with Gasteiger partial charge in [0, 0.05) is 24.5 Å². The third-order valence-electron chi connectivity index (χ3n) is 4.40. The van der Waals surface area contributed by atoms with Gasteiger partial charge in [-0.15, -0.1) is 0 Å². The fourth-order valence-electron chi connectivity index (χ4n) is 2.81. The molecular formula is C21H24FN3O4. The third-order valence-corrected chi connectivity index (χ3v) is 4.40. The number of amides is 2. The highest BCUT2D eigenvalue weighted by molar-refractivity contribution is 5.95. The summed E-state index contributed by atoms with van der Waals surface area (Å²) in [5.41, 5.74) is 1.23. The molecule has 7 nitrogen and oxygen atoms in total. The number of carbonyl (C=O) groups excluding carboxylic acids is 2. The van der Waals surface area contributed by atoms with Crippen LogP contribution in [-0.4, -0.2) is 55.7 Å². The Morgan fingerprint density at radius 3 is 2.24 bits per heavy atom.